The van der Waals surface area contributed by atoms with E-state index >= 15 is 0 Å². The summed E-state index contributed by atoms with van der Waals surface area (Å²) in [6.45, 7) is 4.31. The third kappa shape index (κ3) is 7.17. The Kier molecular flexibility index (Phi) is 6.26. The summed E-state index contributed by atoms with van der Waals surface area (Å²) in [5, 5.41) is 0. The van der Waals surface area contributed by atoms with Gasteiger partial charge in [-0.15, -0.1) is 10.2 Å². The Hall–Kier alpha value is -1.50. The summed E-state index contributed by atoms with van der Waals surface area (Å²) < 4.78 is 36.2. The molecule has 0 aliphatic heterocycles. The molecule has 0 amide bonds. The van der Waals surface area contributed by atoms with Crippen molar-refractivity contribution in [1.82, 2.24) is 0 Å². The summed E-state index contributed by atoms with van der Waals surface area (Å²) in [5.74, 6) is 0. The van der Waals surface area contributed by atoms with E-state index < -0.39 is 10.2 Å². The fourth-order valence-corrected chi connectivity index (χ4v) is 2.03. The number of rotatable bonds is 2. The van der Waals surface area contributed by atoms with Crippen molar-refractivity contribution >= 4 is 0 Å². The van der Waals surface area contributed by atoms with Gasteiger partial charge in [0.25, 0.3) is 0 Å². The second-order valence-electron chi connectivity index (χ2n) is 4.76. The molecule has 0 saturated heterocycles. The molecule has 0 bridgehead atoms. The minimum Gasteiger partial charge on any atom is -0.222 e. The molecule has 0 aliphatic carbocycles. The highest BCUT2D eigenvalue weighted by Gasteiger charge is 2.10. The maximum atomic E-state index is 8.49. The summed E-state index contributed by atoms with van der Waals surface area (Å²) in [6.07, 6.45) is 1.000. The predicted molar refractivity (Wildman–Crippen MR) is 66.3 cm³/mol. The van der Waals surface area contributed by atoms with Gasteiger partial charge in [0.15, 0.2) is 11.4 Å². The Morgan fingerprint density at radius 3 is 2.00 bits per heavy atom. The molecule has 2 rings (SSSR count). The summed E-state index contributed by atoms with van der Waals surface area (Å²) >= 11 is 0. The zero-order chi connectivity index (χ0) is 16.0. The molecular weight excluding hydrogens is 294 g/mol. The molecule has 0 unspecified atom stereocenters. The van der Waals surface area contributed by atoms with Crippen LogP contribution in [-0.4, -0.2) is 0 Å². The summed E-state index contributed by atoms with van der Waals surface area (Å²) in [5.41, 5.74) is 5.37. The topological polar surface area (TPSA) is 96.1 Å². The number of pyridine rings is 1. The van der Waals surface area contributed by atoms with Crippen LogP contribution in [0.25, 0.3) is 0 Å². The Morgan fingerprint density at radius 1 is 0.952 bits per heavy atom. The molecule has 6 heteroatoms. The maximum Gasteiger partial charge on any atom is 0.185 e. The van der Waals surface area contributed by atoms with Gasteiger partial charge in [0.1, 0.15) is 7.05 Å². The Morgan fingerprint density at radius 2 is 1.48 bits per heavy atom. The highest BCUT2D eigenvalue weighted by atomic mass is 35.7. The highest BCUT2D eigenvalue weighted by Crippen LogP contribution is 2.08. The monoisotopic (exact) mass is 311 g/mol. The minimum atomic E-state index is -4.94. The van der Waals surface area contributed by atoms with Gasteiger partial charge < -0.3 is 0 Å². The second-order valence-corrected chi connectivity index (χ2v) is 5.52. The van der Waals surface area contributed by atoms with Crippen LogP contribution < -0.4 is 23.2 Å². The second kappa shape index (κ2) is 7.49. The molecule has 5 nitrogen and oxygen atoms in total. The van der Waals surface area contributed by atoms with Gasteiger partial charge in [0.05, 0.1) is 6.42 Å². The number of benzene rings is 1. The number of aryl methyl sites for hydroxylation is 2. The first-order valence-corrected chi connectivity index (χ1v) is 7.52. The van der Waals surface area contributed by atoms with Crippen LogP contribution in [-0.2, 0) is 13.5 Å². The van der Waals surface area contributed by atoms with E-state index in [0.717, 1.165) is 6.42 Å². The average Bonchev–Trinajstić information content (AvgIpc) is 2.34. The molecule has 2 aromatic rings. The number of hydrogen-bond donors (Lipinski definition) is 0. The fourth-order valence-electron chi connectivity index (χ4n) is 2.03. The first kappa shape index (κ1) is 17.6. The highest BCUT2D eigenvalue weighted by molar-refractivity contribution is 5.22. The minimum absolute atomic E-state index is 1.000. The van der Waals surface area contributed by atoms with E-state index in [1.54, 1.807) is 0 Å². The van der Waals surface area contributed by atoms with Crippen molar-refractivity contribution in [1.29, 1.82) is 0 Å². The number of halogens is 1. The molecule has 1 aromatic heterocycles. The van der Waals surface area contributed by atoms with Gasteiger partial charge in [0, 0.05) is 19.1 Å². The van der Waals surface area contributed by atoms with Crippen molar-refractivity contribution in [2.75, 3.05) is 0 Å². The van der Waals surface area contributed by atoms with Gasteiger partial charge in [-0.2, -0.15) is 0 Å². The van der Waals surface area contributed by atoms with E-state index in [1.807, 2.05) is 0 Å². The third-order valence-corrected chi connectivity index (χ3v) is 3.02. The van der Waals surface area contributed by atoms with Crippen molar-refractivity contribution in [3.63, 3.8) is 0 Å². The SMILES string of the molecule is Cc1cc(C)[n+](C)c(Cc2ccccc2)c1.[O-][Cl+3]([O-])([O-])[O-]. The zero-order valence-corrected chi connectivity index (χ0v) is 13.0. The van der Waals surface area contributed by atoms with Crippen LogP contribution in [0.1, 0.15) is 22.5 Å². The lowest BCUT2D eigenvalue weighted by Crippen LogP contribution is -2.68. The van der Waals surface area contributed by atoms with E-state index in [-0.39, 0.29) is 0 Å². The number of nitrogens with zero attached hydrogens (tertiary/aromatic N) is 1. The number of aromatic nitrogens is 1. The lowest BCUT2D eigenvalue weighted by atomic mass is 10.1. The standard InChI is InChI=1S/C15H18N.ClHO4/c1-12-9-13(2)16(3)15(10-12)11-14-7-5-4-6-8-14;2-1(3,4)5/h4-10H,11H2,1-3H3;(H,2,3,4,5)/q+1;/p-1. The van der Waals surface area contributed by atoms with Crippen molar-refractivity contribution in [3.8, 4) is 0 Å². The molecule has 1 heterocycles. The van der Waals surface area contributed by atoms with Gasteiger partial charge in [-0.05, 0) is 18.1 Å². The largest absolute Gasteiger partial charge is 0.222 e. The quantitative estimate of drug-likeness (QED) is 0.597. The summed E-state index contributed by atoms with van der Waals surface area (Å²) in [4.78, 5) is 0. The van der Waals surface area contributed by atoms with Crippen molar-refractivity contribution < 1.29 is 33.4 Å². The van der Waals surface area contributed by atoms with Crippen LogP contribution >= 0.6 is 0 Å². The van der Waals surface area contributed by atoms with Crippen molar-refractivity contribution in [3.05, 3.63) is 65.0 Å². The van der Waals surface area contributed by atoms with Crippen LogP contribution in [0.5, 0.6) is 0 Å². The van der Waals surface area contributed by atoms with Crippen molar-refractivity contribution in [2.45, 2.75) is 20.3 Å². The van der Waals surface area contributed by atoms with Gasteiger partial charge in [-0.3, -0.25) is 0 Å². The predicted octanol–water partition coefficient (Wildman–Crippen LogP) is -2.04. The zero-order valence-electron chi connectivity index (χ0n) is 12.2. The van der Waals surface area contributed by atoms with Crippen LogP contribution in [0.15, 0.2) is 42.5 Å². The van der Waals surface area contributed by atoms with Crippen molar-refractivity contribution in [2.24, 2.45) is 7.05 Å². The van der Waals surface area contributed by atoms with Gasteiger partial charge in [0.2, 0.25) is 0 Å². The van der Waals surface area contributed by atoms with E-state index in [9.17, 15) is 0 Å². The molecule has 0 fully saturated rings. The first-order chi connectivity index (χ1) is 9.66. The lowest BCUT2D eigenvalue weighted by Gasteiger charge is -2.17. The maximum absolute atomic E-state index is 8.49. The molecule has 0 atom stereocenters. The molecule has 0 aliphatic rings. The third-order valence-electron chi connectivity index (χ3n) is 3.02. The number of hydrogen-bond acceptors (Lipinski definition) is 4. The Balaban J connectivity index is 0.000000383. The summed E-state index contributed by atoms with van der Waals surface area (Å²) in [6, 6.07) is 15.1. The van der Waals surface area contributed by atoms with E-state index in [1.165, 1.54) is 22.5 Å². The van der Waals surface area contributed by atoms with Crippen LogP contribution in [0.3, 0.4) is 0 Å². The summed E-state index contributed by atoms with van der Waals surface area (Å²) in [7, 11) is -2.81. The molecule has 21 heavy (non-hydrogen) atoms. The normalized spacial score (nSPS) is 10.8. The molecular formula is C15H18ClNO4. The van der Waals surface area contributed by atoms with Gasteiger partial charge >= 0.3 is 0 Å². The smallest absolute Gasteiger partial charge is 0.185 e. The molecule has 0 radical (unpaired) electrons. The van der Waals surface area contributed by atoms with Gasteiger partial charge in [-0.25, -0.2) is 23.2 Å². The average molecular weight is 312 g/mol. The van der Waals surface area contributed by atoms with Crippen LogP contribution in [0.4, 0.5) is 0 Å². The van der Waals surface area contributed by atoms with E-state index in [2.05, 4.69) is 67.9 Å². The van der Waals surface area contributed by atoms with E-state index in [0.29, 0.717) is 0 Å². The van der Waals surface area contributed by atoms with Crippen LogP contribution in [0.2, 0.25) is 0 Å². The molecule has 0 saturated carbocycles. The molecule has 1 aromatic carbocycles. The van der Waals surface area contributed by atoms with Crippen LogP contribution in [0, 0.1) is 24.1 Å². The fraction of sp³-hybridized carbons (Fsp3) is 0.267. The molecule has 0 N–H and O–H groups in total. The Bertz CT molecular complexity index is 576. The Labute approximate surface area is 126 Å². The van der Waals surface area contributed by atoms with Gasteiger partial charge in [-0.1, -0.05) is 30.3 Å². The molecule has 114 valence electrons. The first-order valence-electron chi connectivity index (χ1n) is 6.28. The molecule has 0 spiro atoms. The van der Waals surface area contributed by atoms with E-state index in [4.69, 9.17) is 18.6 Å². The lowest BCUT2D eigenvalue weighted by molar-refractivity contribution is -2.00.